The molecular weight excluding hydrogens is 519 g/mol. The molecule has 0 bridgehead atoms. The van der Waals surface area contributed by atoms with Gasteiger partial charge in [0.1, 0.15) is 5.75 Å². The van der Waals surface area contributed by atoms with Crippen LogP contribution in [0.4, 0.5) is 0 Å². The summed E-state index contributed by atoms with van der Waals surface area (Å²) in [7, 11) is 2.26. The van der Waals surface area contributed by atoms with Crippen LogP contribution in [-0.2, 0) is 0 Å². The second-order valence-corrected chi connectivity index (χ2v) is 9.29. The highest BCUT2D eigenvalue weighted by Crippen LogP contribution is 2.37. The van der Waals surface area contributed by atoms with Crippen LogP contribution in [0.5, 0.6) is 5.75 Å². The fraction of sp³-hybridized carbons (Fsp3) is 0.542. The number of piperidine rings is 1. The number of ether oxygens (including phenoxy) is 1. The molecule has 4 rings (SSSR count). The molecule has 0 aliphatic carbocycles. The number of benzene rings is 1. The van der Waals surface area contributed by atoms with Crippen molar-refractivity contribution in [1.82, 2.24) is 15.5 Å². The van der Waals surface area contributed by atoms with Crippen molar-refractivity contribution in [2.45, 2.75) is 38.1 Å². The Labute approximate surface area is 207 Å². The topological polar surface area (TPSA) is 48.9 Å². The van der Waals surface area contributed by atoms with Crippen molar-refractivity contribution in [3.8, 4) is 5.75 Å². The van der Waals surface area contributed by atoms with Crippen molar-refractivity contribution in [1.29, 1.82) is 0 Å². The Morgan fingerprint density at radius 1 is 1.19 bits per heavy atom. The third kappa shape index (κ3) is 6.14. The van der Waals surface area contributed by atoms with Crippen LogP contribution < -0.4 is 15.4 Å². The lowest BCUT2D eigenvalue weighted by atomic mass is 9.88. The molecule has 2 aliphatic rings. The predicted molar refractivity (Wildman–Crippen MR) is 141 cm³/mol. The Kier molecular flexibility index (Phi) is 9.47. The summed E-state index contributed by atoms with van der Waals surface area (Å²) in [5.41, 5.74) is 1.30. The van der Waals surface area contributed by atoms with E-state index in [4.69, 9.17) is 9.73 Å². The van der Waals surface area contributed by atoms with E-state index in [1.807, 2.05) is 17.4 Å². The second kappa shape index (κ2) is 12.1. The van der Waals surface area contributed by atoms with Gasteiger partial charge in [0.25, 0.3) is 0 Å². The molecule has 1 saturated heterocycles. The molecule has 170 valence electrons. The van der Waals surface area contributed by atoms with Gasteiger partial charge in [-0.2, -0.15) is 0 Å². The van der Waals surface area contributed by atoms with Crippen LogP contribution in [0.25, 0.3) is 0 Å². The number of nitrogens with one attached hydrogen (secondary N) is 2. The molecule has 7 heteroatoms. The molecule has 2 aromatic rings. The molecule has 0 spiro atoms. The van der Waals surface area contributed by atoms with Crippen molar-refractivity contribution in [3.63, 3.8) is 0 Å². The van der Waals surface area contributed by atoms with Gasteiger partial charge in [-0.25, -0.2) is 0 Å². The standard InChI is InChI=1S/C24H34N4OS.HI/c1-3-25-24(26-16-18-12-14-29-21-10-5-4-9-20(18)21)27-17-19-8-6-13-28(2)23(19)22-11-7-15-30-22;/h4-5,7,9-11,15,18-19,23H,3,6,8,12-14,16-17H2,1-2H3,(H2,25,26,27);1H. The molecule has 1 fully saturated rings. The number of likely N-dealkylation sites (tertiary alicyclic amines) is 1. The zero-order valence-corrected chi connectivity index (χ0v) is 21.7. The van der Waals surface area contributed by atoms with Gasteiger partial charge in [-0.15, -0.1) is 35.3 Å². The first-order chi connectivity index (χ1) is 14.8. The molecule has 5 nitrogen and oxygen atoms in total. The summed E-state index contributed by atoms with van der Waals surface area (Å²) >= 11 is 1.87. The minimum absolute atomic E-state index is 0. The largest absolute Gasteiger partial charge is 0.493 e. The van der Waals surface area contributed by atoms with Gasteiger partial charge in [0.15, 0.2) is 5.96 Å². The molecule has 3 atom stereocenters. The number of para-hydroxylation sites is 1. The summed E-state index contributed by atoms with van der Waals surface area (Å²) in [5.74, 6) is 2.97. The summed E-state index contributed by atoms with van der Waals surface area (Å²) in [4.78, 5) is 8.99. The summed E-state index contributed by atoms with van der Waals surface area (Å²) in [6, 6.07) is 13.3. The Hall–Kier alpha value is -1.32. The lowest BCUT2D eigenvalue weighted by Gasteiger charge is -2.38. The Morgan fingerprint density at radius 2 is 2.06 bits per heavy atom. The average molecular weight is 555 g/mol. The average Bonchev–Trinajstić information content (AvgIpc) is 3.30. The van der Waals surface area contributed by atoms with Gasteiger partial charge in [-0.1, -0.05) is 24.3 Å². The maximum atomic E-state index is 5.81. The number of nitrogens with zero attached hydrogens (tertiary/aromatic N) is 2. The molecule has 0 saturated carbocycles. The number of aliphatic imine (C=N–C) groups is 1. The van der Waals surface area contributed by atoms with Crippen molar-refractivity contribution in [3.05, 3.63) is 52.2 Å². The van der Waals surface area contributed by atoms with Crippen molar-refractivity contribution in [2.75, 3.05) is 39.8 Å². The Morgan fingerprint density at radius 3 is 2.87 bits per heavy atom. The monoisotopic (exact) mass is 554 g/mol. The minimum Gasteiger partial charge on any atom is -0.493 e. The maximum Gasteiger partial charge on any atom is 0.191 e. The fourth-order valence-electron chi connectivity index (χ4n) is 4.76. The molecule has 31 heavy (non-hydrogen) atoms. The summed E-state index contributed by atoms with van der Waals surface area (Å²) in [6.45, 7) is 6.69. The van der Waals surface area contributed by atoms with E-state index in [9.17, 15) is 0 Å². The van der Waals surface area contributed by atoms with E-state index in [1.54, 1.807) is 0 Å². The van der Waals surface area contributed by atoms with E-state index >= 15 is 0 Å². The first-order valence-corrected chi connectivity index (χ1v) is 12.1. The van der Waals surface area contributed by atoms with Crippen LogP contribution in [0.3, 0.4) is 0 Å². The molecule has 1 aromatic carbocycles. The van der Waals surface area contributed by atoms with Gasteiger partial charge in [-0.05, 0) is 68.8 Å². The molecular formula is C24H35IN4OS. The molecule has 0 amide bonds. The number of halogens is 1. The smallest absolute Gasteiger partial charge is 0.191 e. The number of rotatable bonds is 6. The molecule has 1 aromatic heterocycles. The lowest BCUT2D eigenvalue weighted by molar-refractivity contribution is 0.128. The normalized spacial score (nSPS) is 23.9. The summed E-state index contributed by atoms with van der Waals surface area (Å²) in [5, 5.41) is 9.24. The third-order valence-electron chi connectivity index (χ3n) is 6.27. The second-order valence-electron chi connectivity index (χ2n) is 8.32. The van der Waals surface area contributed by atoms with Gasteiger partial charge in [0.2, 0.25) is 0 Å². The van der Waals surface area contributed by atoms with Crippen LogP contribution in [0.15, 0.2) is 46.8 Å². The summed E-state index contributed by atoms with van der Waals surface area (Å²) in [6.07, 6.45) is 3.53. The molecule has 3 unspecified atom stereocenters. The van der Waals surface area contributed by atoms with Gasteiger partial charge in [-0.3, -0.25) is 9.89 Å². The van der Waals surface area contributed by atoms with Gasteiger partial charge >= 0.3 is 0 Å². The molecule has 2 N–H and O–H groups in total. The highest BCUT2D eigenvalue weighted by atomic mass is 127. The van der Waals surface area contributed by atoms with Crippen LogP contribution >= 0.6 is 35.3 Å². The van der Waals surface area contributed by atoms with E-state index < -0.39 is 0 Å². The Bertz CT molecular complexity index is 829. The van der Waals surface area contributed by atoms with E-state index in [-0.39, 0.29) is 24.0 Å². The highest BCUT2D eigenvalue weighted by molar-refractivity contribution is 14.0. The van der Waals surface area contributed by atoms with Crippen molar-refractivity contribution in [2.24, 2.45) is 10.9 Å². The molecule has 2 aliphatic heterocycles. The van der Waals surface area contributed by atoms with Crippen LogP contribution in [0.1, 0.15) is 48.6 Å². The van der Waals surface area contributed by atoms with E-state index in [1.165, 1.54) is 29.8 Å². The van der Waals surface area contributed by atoms with Gasteiger partial charge in [0, 0.05) is 36.5 Å². The quantitative estimate of drug-likeness (QED) is 0.304. The Balaban J connectivity index is 0.00000272. The zero-order valence-electron chi connectivity index (χ0n) is 18.5. The molecule has 3 heterocycles. The fourth-order valence-corrected chi connectivity index (χ4v) is 5.74. The van der Waals surface area contributed by atoms with E-state index in [0.29, 0.717) is 17.9 Å². The van der Waals surface area contributed by atoms with Crippen LogP contribution in [0, 0.1) is 5.92 Å². The third-order valence-corrected chi connectivity index (χ3v) is 7.21. The number of hydrogen-bond donors (Lipinski definition) is 2. The number of hydrogen-bond acceptors (Lipinski definition) is 4. The predicted octanol–water partition coefficient (Wildman–Crippen LogP) is 4.87. The van der Waals surface area contributed by atoms with Crippen molar-refractivity contribution < 1.29 is 4.74 Å². The van der Waals surface area contributed by atoms with Crippen molar-refractivity contribution >= 4 is 41.3 Å². The molecule has 0 radical (unpaired) electrons. The first kappa shape index (κ1) is 24.3. The highest BCUT2D eigenvalue weighted by Gasteiger charge is 2.31. The maximum absolute atomic E-state index is 5.81. The number of thiophene rings is 1. The van der Waals surface area contributed by atoms with E-state index in [2.05, 4.69) is 65.2 Å². The lowest BCUT2D eigenvalue weighted by Crippen LogP contribution is -2.41. The van der Waals surface area contributed by atoms with Crippen LogP contribution in [0.2, 0.25) is 0 Å². The number of fused-ring (bicyclic) bond motifs is 1. The number of guanidine groups is 1. The van der Waals surface area contributed by atoms with Gasteiger partial charge in [0.05, 0.1) is 6.61 Å². The summed E-state index contributed by atoms with van der Waals surface area (Å²) < 4.78 is 5.81. The minimum atomic E-state index is 0. The zero-order chi connectivity index (χ0) is 20.8. The van der Waals surface area contributed by atoms with Crippen LogP contribution in [-0.4, -0.2) is 50.7 Å². The van der Waals surface area contributed by atoms with E-state index in [0.717, 1.165) is 44.4 Å². The SMILES string of the molecule is CCNC(=NCC1CCCN(C)C1c1cccs1)NCC1CCOc2ccccc21.I. The first-order valence-electron chi connectivity index (χ1n) is 11.2. The van der Waals surface area contributed by atoms with Gasteiger partial charge < -0.3 is 15.4 Å².